The number of rotatable bonds is 6. The third kappa shape index (κ3) is 4.70. The summed E-state index contributed by atoms with van der Waals surface area (Å²) in [6.07, 6.45) is 2.08. The zero-order valence-electron chi connectivity index (χ0n) is 16.0. The monoisotopic (exact) mass is 379 g/mol. The van der Waals surface area contributed by atoms with Crippen molar-refractivity contribution in [3.63, 3.8) is 0 Å². The summed E-state index contributed by atoms with van der Waals surface area (Å²) in [6, 6.07) is 17.9. The molecule has 0 bridgehead atoms. The molecule has 6 heteroatoms. The van der Waals surface area contributed by atoms with Crippen LogP contribution < -0.4 is 20.4 Å². The van der Waals surface area contributed by atoms with Gasteiger partial charge in [-0.25, -0.2) is 0 Å². The zero-order chi connectivity index (χ0) is 19.3. The van der Waals surface area contributed by atoms with Crippen molar-refractivity contribution in [2.45, 2.75) is 18.9 Å². The number of nitrogens with one attached hydrogen (secondary N) is 3. The molecule has 146 valence electrons. The minimum atomic E-state index is -0.109. The Morgan fingerprint density at radius 2 is 1.64 bits per heavy atom. The van der Waals surface area contributed by atoms with E-state index in [4.69, 9.17) is 0 Å². The fraction of sp³-hybridized carbons (Fsp3) is 0.364. The molecular weight excluding hydrogens is 352 g/mol. The van der Waals surface area contributed by atoms with Crippen LogP contribution in [0.3, 0.4) is 0 Å². The SMILES string of the molecule is O=C(C[NH+]1CCN(c2ccccc2)CC1)Nc1ccccc1C(=O)NC1CC1. The van der Waals surface area contributed by atoms with E-state index in [1.54, 1.807) is 12.1 Å². The van der Waals surface area contributed by atoms with Crippen molar-refractivity contribution < 1.29 is 14.5 Å². The number of carbonyl (C=O) groups excluding carboxylic acids is 2. The first-order chi connectivity index (χ1) is 13.7. The summed E-state index contributed by atoms with van der Waals surface area (Å²) in [5.74, 6) is -0.156. The standard InChI is InChI=1S/C22H26N4O2/c27-21(16-25-12-14-26(15-13-25)18-6-2-1-3-7-18)24-20-9-5-4-8-19(20)22(28)23-17-10-11-17/h1-9,17H,10-16H2,(H,23,28)(H,24,27)/p+1. The molecule has 1 heterocycles. The number of benzene rings is 2. The maximum atomic E-state index is 12.6. The maximum absolute atomic E-state index is 12.6. The van der Waals surface area contributed by atoms with E-state index in [1.165, 1.54) is 10.6 Å². The van der Waals surface area contributed by atoms with Crippen LogP contribution in [0.15, 0.2) is 54.6 Å². The normalized spacial score (nSPS) is 17.2. The number of anilines is 2. The molecule has 1 aliphatic heterocycles. The number of amides is 2. The molecule has 1 aliphatic carbocycles. The van der Waals surface area contributed by atoms with Gasteiger partial charge >= 0.3 is 0 Å². The molecule has 2 amide bonds. The Balaban J connectivity index is 1.30. The van der Waals surface area contributed by atoms with Gasteiger partial charge in [-0.1, -0.05) is 30.3 Å². The molecule has 3 N–H and O–H groups in total. The Morgan fingerprint density at radius 3 is 2.36 bits per heavy atom. The lowest BCUT2D eigenvalue weighted by Crippen LogP contribution is -3.15. The highest BCUT2D eigenvalue weighted by Crippen LogP contribution is 2.21. The van der Waals surface area contributed by atoms with Gasteiger partial charge < -0.3 is 20.4 Å². The van der Waals surface area contributed by atoms with E-state index < -0.39 is 0 Å². The van der Waals surface area contributed by atoms with Crippen LogP contribution in [-0.4, -0.2) is 50.6 Å². The minimum Gasteiger partial charge on any atom is -0.360 e. The van der Waals surface area contributed by atoms with Crippen LogP contribution in [0.25, 0.3) is 0 Å². The van der Waals surface area contributed by atoms with E-state index >= 15 is 0 Å². The topological polar surface area (TPSA) is 65.9 Å². The minimum absolute atomic E-state index is 0.0465. The first kappa shape index (κ1) is 18.5. The highest BCUT2D eigenvalue weighted by molar-refractivity contribution is 6.04. The lowest BCUT2D eigenvalue weighted by atomic mass is 10.1. The van der Waals surface area contributed by atoms with E-state index in [0.717, 1.165) is 39.0 Å². The van der Waals surface area contributed by atoms with E-state index in [9.17, 15) is 9.59 Å². The number of hydrogen-bond donors (Lipinski definition) is 3. The van der Waals surface area contributed by atoms with Gasteiger partial charge in [0.2, 0.25) is 0 Å². The van der Waals surface area contributed by atoms with Crippen LogP contribution in [-0.2, 0) is 4.79 Å². The molecule has 0 radical (unpaired) electrons. The van der Waals surface area contributed by atoms with E-state index in [0.29, 0.717) is 23.8 Å². The Labute approximate surface area is 165 Å². The number of hydrogen-bond acceptors (Lipinski definition) is 3. The van der Waals surface area contributed by atoms with Crippen LogP contribution in [0.2, 0.25) is 0 Å². The predicted molar refractivity (Wildman–Crippen MR) is 110 cm³/mol. The van der Waals surface area contributed by atoms with Crippen LogP contribution in [0.5, 0.6) is 0 Å². The number of quaternary nitrogens is 1. The summed E-state index contributed by atoms with van der Waals surface area (Å²) in [5, 5.41) is 5.93. The van der Waals surface area contributed by atoms with Gasteiger partial charge in [-0.3, -0.25) is 9.59 Å². The molecule has 0 spiro atoms. The zero-order valence-corrected chi connectivity index (χ0v) is 16.0. The van der Waals surface area contributed by atoms with Gasteiger partial charge in [-0.2, -0.15) is 0 Å². The summed E-state index contributed by atoms with van der Waals surface area (Å²) >= 11 is 0. The van der Waals surface area contributed by atoms with Crippen molar-refractivity contribution in [2.75, 3.05) is 42.9 Å². The molecule has 0 atom stereocenters. The first-order valence-corrected chi connectivity index (χ1v) is 10.0. The van der Waals surface area contributed by atoms with Crippen molar-refractivity contribution in [3.8, 4) is 0 Å². The lowest BCUT2D eigenvalue weighted by Gasteiger charge is -2.33. The molecule has 0 unspecified atom stereocenters. The average molecular weight is 379 g/mol. The fourth-order valence-corrected chi connectivity index (χ4v) is 3.60. The fourth-order valence-electron chi connectivity index (χ4n) is 3.60. The van der Waals surface area contributed by atoms with Crippen LogP contribution in [0.4, 0.5) is 11.4 Å². The summed E-state index contributed by atoms with van der Waals surface area (Å²) in [5.41, 5.74) is 2.36. The third-order valence-electron chi connectivity index (χ3n) is 5.36. The summed E-state index contributed by atoms with van der Waals surface area (Å²) in [6.45, 7) is 4.14. The van der Waals surface area contributed by atoms with Gasteiger partial charge in [-0.05, 0) is 37.1 Å². The number of carbonyl (C=O) groups is 2. The summed E-state index contributed by atoms with van der Waals surface area (Å²) in [4.78, 5) is 28.6. The smallest absolute Gasteiger partial charge is 0.279 e. The number of piperazine rings is 1. The van der Waals surface area contributed by atoms with E-state index in [1.807, 2.05) is 18.2 Å². The van der Waals surface area contributed by atoms with Crippen molar-refractivity contribution in [1.29, 1.82) is 0 Å². The van der Waals surface area contributed by atoms with Gasteiger partial charge in [0.25, 0.3) is 11.8 Å². The Hall–Kier alpha value is -2.86. The molecule has 2 aromatic carbocycles. The number of nitrogens with zero attached hydrogens (tertiary/aromatic N) is 1. The summed E-state index contributed by atoms with van der Waals surface area (Å²) in [7, 11) is 0. The molecule has 2 aromatic rings. The van der Waals surface area contributed by atoms with Crippen LogP contribution in [0.1, 0.15) is 23.2 Å². The Morgan fingerprint density at radius 1 is 0.964 bits per heavy atom. The quantitative estimate of drug-likeness (QED) is 0.699. The number of para-hydroxylation sites is 2. The van der Waals surface area contributed by atoms with Crippen molar-refractivity contribution in [2.24, 2.45) is 0 Å². The van der Waals surface area contributed by atoms with Crippen molar-refractivity contribution in [1.82, 2.24) is 5.32 Å². The van der Waals surface area contributed by atoms with Gasteiger partial charge in [0.1, 0.15) is 0 Å². The Bertz CT molecular complexity index is 827. The predicted octanol–water partition coefficient (Wildman–Crippen LogP) is 0.922. The second kappa shape index (κ2) is 8.44. The Kier molecular flexibility index (Phi) is 5.58. The maximum Gasteiger partial charge on any atom is 0.279 e. The van der Waals surface area contributed by atoms with Gasteiger partial charge in [0.05, 0.1) is 37.4 Å². The molecule has 6 nitrogen and oxygen atoms in total. The molecule has 28 heavy (non-hydrogen) atoms. The first-order valence-electron chi connectivity index (χ1n) is 10.0. The average Bonchev–Trinajstić information content (AvgIpc) is 3.53. The van der Waals surface area contributed by atoms with E-state index in [2.05, 4.69) is 39.8 Å². The highest BCUT2D eigenvalue weighted by atomic mass is 16.2. The molecular formula is C22H27N4O2+. The molecule has 0 aromatic heterocycles. The third-order valence-corrected chi connectivity index (χ3v) is 5.36. The molecule has 2 aliphatic rings. The van der Waals surface area contributed by atoms with Crippen molar-refractivity contribution in [3.05, 3.63) is 60.2 Å². The summed E-state index contributed by atoms with van der Waals surface area (Å²) < 4.78 is 0. The van der Waals surface area contributed by atoms with Crippen LogP contribution in [0, 0.1) is 0 Å². The van der Waals surface area contributed by atoms with E-state index in [-0.39, 0.29) is 11.8 Å². The van der Waals surface area contributed by atoms with Gasteiger partial charge in [-0.15, -0.1) is 0 Å². The van der Waals surface area contributed by atoms with Crippen LogP contribution >= 0.6 is 0 Å². The van der Waals surface area contributed by atoms with Crippen molar-refractivity contribution >= 4 is 23.2 Å². The molecule has 4 rings (SSSR count). The molecule has 1 saturated carbocycles. The second-order valence-corrected chi connectivity index (χ2v) is 7.59. The largest absolute Gasteiger partial charge is 0.360 e. The lowest BCUT2D eigenvalue weighted by molar-refractivity contribution is -0.892. The second-order valence-electron chi connectivity index (χ2n) is 7.59. The molecule has 2 fully saturated rings. The van der Waals surface area contributed by atoms with Gasteiger partial charge in [0.15, 0.2) is 6.54 Å². The van der Waals surface area contributed by atoms with Gasteiger partial charge in [0, 0.05) is 11.7 Å². The molecule has 1 saturated heterocycles. The highest BCUT2D eigenvalue weighted by Gasteiger charge is 2.26.